The molecule has 186 valence electrons. The zero-order valence-electron chi connectivity index (χ0n) is 18.5. The van der Waals surface area contributed by atoms with Crippen molar-refractivity contribution < 1.29 is 35.1 Å². The molecule has 0 radical (unpaired) electrons. The number of benzene rings is 2. The van der Waals surface area contributed by atoms with Crippen molar-refractivity contribution in [2.45, 2.75) is 41.4 Å². The minimum absolute atomic E-state index is 0.00387. The minimum atomic E-state index is -4.20. The van der Waals surface area contributed by atoms with Gasteiger partial charge in [-0.15, -0.1) is 0 Å². The van der Waals surface area contributed by atoms with Gasteiger partial charge in [0.25, 0.3) is 0 Å². The maximum Gasteiger partial charge on any atom is 0.188 e. The Bertz CT molecular complexity index is 1280. The lowest BCUT2D eigenvalue weighted by atomic mass is 9.72. The highest BCUT2D eigenvalue weighted by molar-refractivity contribution is 7.92. The van der Waals surface area contributed by atoms with E-state index in [1.165, 1.54) is 24.3 Å². The van der Waals surface area contributed by atoms with Crippen LogP contribution in [0.2, 0.25) is 5.02 Å². The molecule has 2 aromatic rings. The lowest BCUT2D eigenvalue weighted by molar-refractivity contribution is -0.0148. The van der Waals surface area contributed by atoms with Crippen LogP contribution in [0.1, 0.15) is 31.2 Å². The zero-order chi connectivity index (χ0) is 24.7. The normalized spacial score (nSPS) is 24.7. The van der Waals surface area contributed by atoms with Crippen LogP contribution in [0, 0.1) is 17.6 Å². The zero-order valence-corrected chi connectivity index (χ0v) is 20.9. The first kappa shape index (κ1) is 25.3. The van der Waals surface area contributed by atoms with E-state index in [1.54, 1.807) is 0 Å². The second-order valence-electron chi connectivity index (χ2n) is 8.84. The van der Waals surface area contributed by atoms with E-state index in [4.69, 9.17) is 21.1 Å². The summed E-state index contributed by atoms with van der Waals surface area (Å²) in [7, 11) is -7.32. The Balaban J connectivity index is 1.72. The molecule has 4 rings (SSSR count). The van der Waals surface area contributed by atoms with E-state index in [2.05, 4.69) is 0 Å². The Morgan fingerprint density at radius 3 is 2.44 bits per heavy atom. The van der Waals surface area contributed by atoms with Gasteiger partial charge in [-0.3, -0.25) is 0 Å². The number of fused-ring (bicyclic) bond motifs is 3. The van der Waals surface area contributed by atoms with Crippen molar-refractivity contribution in [3.8, 4) is 5.75 Å². The molecule has 1 aliphatic carbocycles. The number of halogens is 3. The molecule has 2 aliphatic rings. The van der Waals surface area contributed by atoms with Gasteiger partial charge in [0.2, 0.25) is 0 Å². The number of hydrogen-bond donors (Lipinski definition) is 0. The monoisotopic (exact) mass is 534 g/mol. The quantitative estimate of drug-likeness (QED) is 0.492. The van der Waals surface area contributed by atoms with Crippen LogP contribution in [0.25, 0.3) is 0 Å². The summed E-state index contributed by atoms with van der Waals surface area (Å²) in [5, 5.41) is 0.351. The van der Waals surface area contributed by atoms with Crippen LogP contribution in [-0.2, 0) is 29.2 Å². The molecule has 0 spiro atoms. The van der Waals surface area contributed by atoms with E-state index in [0.29, 0.717) is 11.4 Å². The summed E-state index contributed by atoms with van der Waals surface area (Å²) in [6, 6.07) is 7.46. The molecule has 1 fully saturated rings. The summed E-state index contributed by atoms with van der Waals surface area (Å²) < 4.78 is 90.3. The highest BCUT2D eigenvalue weighted by Crippen LogP contribution is 2.56. The Kier molecular flexibility index (Phi) is 6.98. The molecule has 3 atom stereocenters. The van der Waals surface area contributed by atoms with Gasteiger partial charge in [-0.2, -0.15) is 0 Å². The van der Waals surface area contributed by atoms with Crippen LogP contribution in [0.5, 0.6) is 5.75 Å². The Labute approximate surface area is 203 Å². The molecule has 0 N–H and O–H groups in total. The predicted molar refractivity (Wildman–Crippen MR) is 124 cm³/mol. The van der Waals surface area contributed by atoms with Crippen molar-refractivity contribution in [2.24, 2.45) is 5.92 Å². The fourth-order valence-electron chi connectivity index (χ4n) is 5.02. The van der Waals surface area contributed by atoms with Gasteiger partial charge in [-0.1, -0.05) is 11.6 Å². The fourth-order valence-corrected chi connectivity index (χ4v) is 8.16. The van der Waals surface area contributed by atoms with Gasteiger partial charge in [-0.05, 0) is 62.1 Å². The molecule has 34 heavy (non-hydrogen) atoms. The van der Waals surface area contributed by atoms with E-state index < -0.39 is 42.0 Å². The van der Waals surface area contributed by atoms with Crippen molar-refractivity contribution in [3.63, 3.8) is 0 Å². The number of hydrogen-bond acceptors (Lipinski definition) is 6. The summed E-state index contributed by atoms with van der Waals surface area (Å²) in [6.45, 7) is 0.0746. The Morgan fingerprint density at radius 2 is 1.76 bits per heavy atom. The summed E-state index contributed by atoms with van der Waals surface area (Å²) in [5.74, 6) is -2.75. The van der Waals surface area contributed by atoms with E-state index >= 15 is 4.39 Å². The third-order valence-corrected chi connectivity index (χ3v) is 10.4. The molecule has 0 saturated heterocycles. The van der Waals surface area contributed by atoms with E-state index in [1.807, 2.05) is 0 Å². The van der Waals surface area contributed by atoms with Crippen molar-refractivity contribution in [3.05, 3.63) is 58.6 Å². The third-order valence-electron chi connectivity index (χ3n) is 6.57. The van der Waals surface area contributed by atoms with Gasteiger partial charge in [0, 0.05) is 23.8 Å². The van der Waals surface area contributed by atoms with Crippen molar-refractivity contribution in [2.75, 3.05) is 25.2 Å². The van der Waals surface area contributed by atoms with E-state index in [9.17, 15) is 21.2 Å². The molecule has 1 heterocycles. The van der Waals surface area contributed by atoms with Gasteiger partial charge in [0.1, 0.15) is 20.4 Å². The maximum atomic E-state index is 15.2. The number of sulfone groups is 2. The molecule has 0 amide bonds. The molecular weight excluding hydrogens is 510 g/mol. The highest BCUT2D eigenvalue weighted by atomic mass is 35.5. The van der Waals surface area contributed by atoms with Crippen LogP contribution in [-0.4, -0.2) is 48.2 Å². The van der Waals surface area contributed by atoms with Crippen LogP contribution in [0.15, 0.2) is 41.3 Å². The first-order valence-corrected chi connectivity index (χ1v) is 14.8. The van der Waals surface area contributed by atoms with Crippen LogP contribution < -0.4 is 4.74 Å². The van der Waals surface area contributed by atoms with Crippen molar-refractivity contribution in [1.29, 1.82) is 0 Å². The number of rotatable bonds is 7. The second-order valence-corrected chi connectivity index (χ2v) is 13.7. The third kappa shape index (κ3) is 4.57. The summed E-state index contributed by atoms with van der Waals surface area (Å²) in [4.78, 5) is -0.0362. The predicted octanol–water partition coefficient (Wildman–Crippen LogP) is 4.30. The lowest BCUT2D eigenvalue weighted by Gasteiger charge is -2.48. The molecule has 0 unspecified atom stereocenters. The first-order chi connectivity index (χ1) is 16.0. The largest absolute Gasteiger partial charge is 0.490 e. The van der Waals surface area contributed by atoms with Crippen LogP contribution >= 0.6 is 11.6 Å². The van der Waals surface area contributed by atoms with E-state index in [0.717, 1.165) is 18.4 Å². The lowest BCUT2D eigenvalue weighted by Crippen LogP contribution is -2.53. The first-order valence-electron chi connectivity index (χ1n) is 10.9. The average molecular weight is 535 g/mol. The van der Waals surface area contributed by atoms with Gasteiger partial charge in [0.15, 0.2) is 21.4 Å². The Morgan fingerprint density at radius 1 is 1.09 bits per heavy atom. The summed E-state index contributed by atoms with van der Waals surface area (Å²) in [6.07, 6.45) is 1.61. The van der Waals surface area contributed by atoms with Gasteiger partial charge in [-0.25, -0.2) is 25.6 Å². The summed E-state index contributed by atoms with van der Waals surface area (Å²) in [5.41, 5.74) is -0.283. The maximum absolute atomic E-state index is 15.2. The van der Waals surface area contributed by atoms with Gasteiger partial charge >= 0.3 is 0 Å². The molecule has 0 bridgehead atoms. The van der Waals surface area contributed by atoms with Crippen LogP contribution in [0.4, 0.5) is 8.78 Å². The number of ether oxygens (including phenoxy) is 2. The molecular formula is C23H25ClF2O6S2. The van der Waals surface area contributed by atoms with Crippen molar-refractivity contribution >= 4 is 31.3 Å². The molecule has 2 aromatic carbocycles. The Hall–Kier alpha value is -1.75. The average Bonchev–Trinajstić information content (AvgIpc) is 2.78. The molecule has 1 saturated carbocycles. The van der Waals surface area contributed by atoms with Gasteiger partial charge in [0.05, 0.1) is 28.9 Å². The van der Waals surface area contributed by atoms with Crippen molar-refractivity contribution in [1.82, 2.24) is 0 Å². The highest BCUT2D eigenvalue weighted by Gasteiger charge is 2.59. The second kappa shape index (κ2) is 9.37. The van der Waals surface area contributed by atoms with Gasteiger partial charge < -0.3 is 9.47 Å². The van der Waals surface area contributed by atoms with Crippen LogP contribution in [0.3, 0.4) is 0 Å². The smallest absolute Gasteiger partial charge is 0.188 e. The molecule has 1 aliphatic heterocycles. The molecule has 11 heteroatoms. The standard InChI is InChI=1S/C23H25ClF2O6S2/c1-33(27,28)12-2-11-31-17-9-10-23(34(29,30)18-5-3-16(24)4-6-18)15(13-17)14-32-22-20(26)8-7-19(25)21(22)23/h3-8,15,17H,2,9-14H2,1H3/t15-,17-,23+/m1/s1. The molecule has 0 aromatic heterocycles. The fraction of sp³-hybridized carbons (Fsp3) is 0.478. The SMILES string of the molecule is CS(=O)(=O)CCCO[C@@H]1CC[C@@]2(S(=O)(=O)c3ccc(Cl)cc3)c3c(F)ccc(F)c3OC[C@H]2C1. The van der Waals surface area contributed by atoms with E-state index in [-0.39, 0.29) is 60.5 Å². The molecule has 6 nitrogen and oxygen atoms in total. The topological polar surface area (TPSA) is 86.7 Å². The summed E-state index contributed by atoms with van der Waals surface area (Å²) >= 11 is 5.94. The minimum Gasteiger partial charge on any atom is -0.490 e.